The molecule has 1 aromatic rings. The largest absolute Gasteiger partial charge is 0.326 e. The van der Waals surface area contributed by atoms with Crippen LogP contribution >= 0.6 is 0 Å². The smallest absolute Gasteiger partial charge is 0.257 e. The molecule has 0 atom stereocenters. The lowest BCUT2D eigenvalue weighted by atomic mass is 10.00. The van der Waals surface area contributed by atoms with Crippen LogP contribution in [0.2, 0.25) is 0 Å². The van der Waals surface area contributed by atoms with Crippen LogP contribution in [0.25, 0.3) is 0 Å². The monoisotopic (exact) mass is 341 g/mol. The van der Waals surface area contributed by atoms with E-state index in [-0.39, 0.29) is 11.8 Å². The lowest BCUT2D eigenvalue weighted by Crippen LogP contribution is -2.40. The molecule has 1 aromatic carbocycles. The van der Waals surface area contributed by atoms with E-state index in [0.717, 1.165) is 11.1 Å². The first-order valence-electron chi connectivity index (χ1n) is 8.58. The van der Waals surface area contributed by atoms with Gasteiger partial charge in [0, 0.05) is 30.8 Å². The molecule has 1 aliphatic heterocycles. The molecule has 0 aromatic heterocycles. The molecule has 0 fully saturated rings. The number of hydrogen-bond donors (Lipinski definition) is 1. The Bertz CT molecular complexity index is 730. The molecule has 2 rings (SSSR count). The van der Waals surface area contributed by atoms with Crippen molar-refractivity contribution in [3.63, 3.8) is 0 Å². The van der Waals surface area contributed by atoms with Gasteiger partial charge < -0.3 is 5.32 Å². The van der Waals surface area contributed by atoms with Crippen LogP contribution in [0.3, 0.4) is 0 Å². The van der Waals surface area contributed by atoms with Gasteiger partial charge in [-0.3, -0.25) is 19.5 Å². The Hall–Kier alpha value is -2.69. The van der Waals surface area contributed by atoms with Crippen molar-refractivity contribution in [2.75, 3.05) is 17.3 Å². The lowest BCUT2D eigenvalue weighted by Gasteiger charge is -2.29. The third-order valence-electron chi connectivity index (χ3n) is 3.65. The van der Waals surface area contributed by atoms with E-state index in [2.05, 4.69) is 10.3 Å². The number of hydrogen-bond acceptors (Lipinski definition) is 3. The second-order valence-electron chi connectivity index (χ2n) is 5.20. The molecule has 134 valence electrons. The van der Waals surface area contributed by atoms with E-state index in [0.29, 0.717) is 23.6 Å². The molecular formula is C20H27N3O2. The number of anilines is 2. The maximum Gasteiger partial charge on any atom is 0.257 e. The van der Waals surface area contributed by atoms with Crippen LogP contribution in [0.5, 0.6) is 0 Å². The average molecular weight is 341 g/mol. The molecule has 0 saturated heterocycles. The summed E-state index contributed by atoms with van der Waals surface area (Å²) in [5, 5.41) is 2.81. The Morgan fingerprint density at radius 3 is 2.56 bits per heavy atom. The van der Waals surface area contributed by atoms with Gasteiger partial charge >= 0.3 is 0 Å². The van der Waals surface area contributed by atoms with Gasteiger partial charge in [0.2, 0.25) is 5.91 Å². The zero-order valence-corrected chi connectivity index (χ0v) is 15.9. The molecule has 0 aliphatic carbocycles. The van der Waals surface area contributed by atoms with Crippen molar-refractivity contribution in [2.24, 2.45) is 4.99 Å². The van der Waals surface area contributed by atoms with E-state index >= 15 is 0 Å². The normalized spacial score (nSPS) is 17.1. The number of aliphatic imine (C=N–C) groups is 1. The van der Waals surface area contributed by atoms with Crippen molar-refractivity contribution >= 4 is 29.0 Å². The highest BCUT2D eigenvalue weighted by atomic mass is 16.2. The lowest BCUT2D eigenvalue weighted by molar-refractivity contribution is -0.116. The van der Waals surface area contributed by atoms with E-state index in [1.54, 1.807) is 37.1 Å². The fourth-order valence-corrected chi connectivity index (χ4v) is 2.53. The summed E-state index contributed by atoms with van der Waals surface area (Å²) in [7, 11) is 1.67. The maximum atomic E-state index is 12.5. The Morgan fingerprint density at radius 2 is 2.00 bits per heavy atom. The number of rotatable bonds is 3. The molecule has 5 nitrogen and oxygen atoms in total. The number of nitrogens with one attached hydrogen (secondary N) is 1. The molecule has 1 aliphatic rings. The molecule has 0 unspecified atom stereocenters. The van der Waals surface area contributed by atoms with Crippen molar-refractivity contribution in [1.29, 1.82) is 0 Å². The SMILES string of the molecule is C/C=C1/C(C)=CC(=O)N(c2cccc(NC(=O)CC)c2)C1=NC.CC. The van der Waals surface area contributed by atoms with Crippen LogP contribution in [-0.4, -0.2) is 24.7 Å². The number of carbonyl (C=O) groups is 2. The summed E-state index contributed by atoms with van der Waals surface area (Å²) in [6.45, 7) is 9.61. The van der Waals surface area contributed by atoms with E-state index in [9.17, 15) is 9.59 Å². The van der Waals surface area contributed by atoms with Crippen LogP contribution in [-0.2, 0) is 9.59 Å². The summed E-state index contributed by atoms with van der Waals surface area (Å²) in [4.78, 5) is 29.9. The number of allylic oxidation sites excluding steroid dienone is 1. The molecule has 0 bridgehead atoms. The molecule has 25 heavy (non-hydrogen) atoms. The maximum absolute atomic E-state index is 12.5. The highest BCUT2D eigenvalue weighted by Gasteiger charge is 2.28. The summed E-state index contributed by atoms with van der Waals surface area (Å²) >= 11 is 0. The fraction of sp³-hybridized carbons (Fsp3) is 0.350. The first kappa shape index (κ1) is 20.4. The molecule has 0 saturated carbocycles. The van der Waals surface area contributed by atoms with Gasteiger partial charge in [-0.05, 0) is 37.6 Å². The van der Waals surface area contributed by atoms with E-state index in [1.165, 1.54) is 0 Å². The van der Waals surface area contributed by atoms with E-state index in [1.807, 2.05) is 45.9 Å². The molecular weight excluding hydrogens is 314 g/mol. The second kappa shape index (κ2) is 9.57. The molecule has 0 radical (unpaired) electrons. The van der Waals surface area contributed by atoms with Gasteiger partial charge in [0.25, 0.3) is 5.91 Å². The third kappa shape index (κ3) is 4.66. The van der Waals surface area contributed by atoms with Gasteiger partial charge in [0.1, 0.15) is 5.84 Å². The van der Waals surface area contributed by atoms with Gasteiger partial charge in [-0.2, -0.15) is 0 Å². The predicted octanol–water partition coefficient (Wildman–Crippen LogP) is 4.33. The Labute approximate surface area is 150 Å². The highest BCUT2D eigenvalue weighted by Crippen LogP contribution is 2.28. The van der Waals surface area contributed by atoms with Crippen molar-refractivity contribution in [3.8, 4) is 0 Å². The summed E-state index contributed by atoms with van der Waals surface area (Å²) in [5.74, 6) is 0.394. The van der Waals surface area contributed by atoms with Crippen molar-refractivity contribution in [3.05, 3.63) is 47.6 Å². The molecule has 1 heterocycles. The van der Waals surface area contributed by atoms with E-state index < -0.39 is 0 Å². The van der Waals surface area contributed by atoms with Crippen molar-refractivity contribution in [1.82, 2.24) is 0 Å². The second-order valence-corrected chi connectivity index (χ2v) is 5.20. The Balaban J connectivity index is 0.00000151. The van der Waals surface area contributed by atoms with E-state index in [4.69, 9.17) is 0 Å². The summed E-state index contributed by atoms with van der Waals surface area (Å²) in [6.07, 6.45) is 3.94. The number of benzene rings is 1. The third-order valence-corrected chi connectivity index (χ3v) is 3.65. The first-order chi connectivity index (χ1) is 12.0. The highest BCUT2D eigenvalue weighted by molar-refractivity contribution is 6.30. The Kier molecular flexibility index (Phi) is 7.79. The minimum Gasteiger partial charge on any atom is -0.326 e. The summed E-state index contributed by atoms with van der Waals surface area (Å²) in [5.41, 5.74) is 3.15. The zero-order chi connectivity index (χ0) is 19.0. The van der Waals surface area contributed by atoms with Crippen LogP contribution in [0.1, 0.15) is 41.0 Å². The predicted molar refractivity (Wildman–Crippen MR) is 105 cm³/mol. The van der Waals surface area contributed by atoms with Crippen LogP contribution in [0.15, 0.2) is 52.6 Å². The summed E-state index contributed by atoms with van der Waals surface area (Å²) < 4.78 is 0. The number of amides is 2. The zero-order valence-electron chi connectivity index (χ0n) is 15.9. The molecule has 5 heteroatoms. The minimum absolute atomic E-state index is 0.0682. The van der Waals surface area contributed by atoms with Crippen LogP contribution in [0, 0.1) is 0 Å². The molecule has 2 amide bonds. The van der Waals surface area contributed by atoms with Gasteiger partial charge in [-0.15, -0.1) is 0 Å². The standard InChI is InChI=1S/C18H21N3O2.C2H6/c1-5-15-12(3)10-17(23)21(18(15)19-4)14-9-7-8-13(11-14)20-16(22)6-2;1-2/h5,7-11H,6H2,1-4H3,(H,20,22);1-2H3/b15-5-,19-18?;. The number of carbonyl (C=O) groups excluding carboxylic acids is 2. The van der Waals surface area contributed by atoms with Crippen molar-refractivity contribution in [2.45, 2.75) is 41.0 Å². The van der Waals surface area contributed by atoms with Crippen LogP contribution in [0.4, 0.5) is 11.4 Å². The van der Waals surface area contributed by atoms with Crippen LogP contribution < -0.4 is 10.2 Å². The average Bonchev–Trinajstić information content (AvgIpc) is 2.62. The fourth-order valence-electron chi connectivity index (χ4n) is 2.53. The van der Waals surface area contributed by atoms with Gasteiger partial charge in [0.15, 0.2) is 0 Å². The van der Waals surface area contributed by atoms with Crippen molar-refractivity contribution < 1.29 is 9.59 Å². The number of amidine groups is 1. The van der Waals surface area contributed by atoms with Gasteiger partial charge in [-0.1, -0.05) is 32.9 Å². The quantitative estimate of drug-likeness (QED) is 0.889. The molecule has 1 N–H and O–H groups in total. The summed E-state index contributed by atoms with van der Waals surface area (Å²) in [6, 6.07) is 7.21. The Morgan fingerprint density at radius 1 is 1.32 bits per heavy atom. The first-order valence-corrected chi connectivity index (χ1v) is 8.58. The topological polar surface area (TPSA) is 61.8 Å². The minimum atomic E-state index is -0.146. The molecule has 0 spiro atoms. The van der Waals surface area contributed by atoms with Gasteiger partial charge in [-0.25, -0.2) is 0 Å². The number of nitrogens with zero attached hydrogens (tertiary/aromatic N) is 2. The van der Waals surface area contributed by atoms with Gasteiger partial charge in [0.05, 0.1) is 5.69 Å².